The number of phenolic OH excluding ortho intramolecular Hbond substituents is 1. The molecule has 0 saturated heterocycles. The van der Waals surface area contributed by atoms with Gasteiger partial charge in [-0.05, 0) is 31.0 Å². The maximum Gasteiger partial charge on any atom is 0.335 e. The average molecular weight is 278 g/mol. The summed E-state index contributed by atoms with van der Waals surface area (Å²) in [4.78, 5) is 22.7. The van der Waals surface area contributed by atoms with Crippen molar-refractivity contribution in [2.45, 2.75) is 38.1 Å². The predicted octanol–water partition coefficient (Wildman–Crippen LogP) is 2.54. The van der Waals surface area contributed by atoms with Crippen LogP contribution in [0, 0.1) is 0 Å². The van der Waals surface area contributed by atoms with Crippen molar-refractivity contribution in [3.63, 3.8) is 0 Å². The Morgan fingerprint density at radius 1 is 1.15 bits per heavy atom. The zero-order valence-corrected chi connectivity index (χ0v) is 11.1. The van der Waals surface area contributed by atoms with Gasteiger partial charge in [-0.3, -0.25) is 0 Å². The van der Waals surface area contributed by atoms with Gasteiger partial charge in [-0.25, -0.2) is 9.59 Å². The van der Waals surface area contributed by atoms with E-state index in [2.05, 4.69) is 10.6 Å². The number of hydrogen-bond donors (Lipinski definition) is 4. The molecule has 0 radical (unpaired) electrons. The number of hydrogen-bond acceptors (Lipinski definition) is 3. The van der Waals surface area contributed by atoms with Gasteiger partial charge in [-0.1, -0.05) is 19.3 Å². The minimum absolute atomic E-state index is 0.00997. The van der Waals surface area contributed by atoms with Crippen LogP contribution in [0.5, 0.6) is 5.75 Å². The molecule has 2 amide bonds. The van der Waals surface area contributed by atoms with Crippen molar-refractivity contribution >= 4 is 17.7 Å². The van der Waals surface area contributed by atoms with Crippen LogP contribution in [0.15, 0.2) is 18.2 Å². The van der Waals surface area contributed by atoms with Crippen molar-refractivity contribution in [3.05, 3.63) is 23.8 Å². The third-order valence-electron chi connectivity index (χ3n) is 3.43. The fourth-order valence-electron chi connectivity index (χ4n) is 2.36. The van der Waals surface area contributed by atoms with Crippen LogP contribution in [-0.2, 0) is 0 Å². The molecule has 1 aromatic carbocycles. The number of aromatic hydroxyl groups is 1. The molecule has 6 nitrogen and oxygen atoms in total. The van der Waals surface area contributed by atoms with Crippen LogP contribution < -0.4 is 10.6 Å². The van der Waals surface area contributed by atoms with Crippen LogP contribution in [-0.4, -0.2) is 28.3 Å². The fourth-order valence-corrected chi connectivity index (χ4v) is 2.36. The van der Waals surface area contributed by atoms with E-state index in [0.29, 0.717) is 0 Å². The monoisotopic (exact) mass is 278 g/mol. The van der Waals surface area contributed by atoms with Crippen molar-refractivity contribution in [2.24, 2.45) is 0 Å². The Labute approximate surface area is 116 Å². The Kier molecular flexibility index (Phi) is 4.45. The Morgan fingerprint density at radius 3 is 2.50 bits per heavy atom. The average Bonchev–Trinajstić information content (AvgIpc) is 2.42. The van der Waals surface area contributed by atoms with Gasteiger partial charge in [0.25, 0.3) is 0 Å². The summed E-state index contributed by atoms with van der Waals surface area (Å²) in [6, 6.07) is 3.49. The number of phenols is 1. The number of anilines is 1. The quantitative estimate of drug-likeness (QED) is 0.638. The normalized spacial score (nSPS) is 15.6. The Hall–Kier alpha value is -2.24. The topological polar surface area (TPSA) is 98.7 Å². The minimum Gasteiger partial charge on any atom is -0.506 e. The largest absolute Gasteiger partial charge is 0.506 e. The fraction of sp³-hybridized carbons (Fsp3) is 0.429. The van der Waals surface area contributed by atoms with Crippen molar-refractivity contribution < 1.29 is 19.8 Å². The van der Waals surface area contributed by atoms with Gasteiger partial charge in [-0.15, -0.1) is 0 Å². The highest BCUT2D eigenvalue weighted by molar-refractivity contribution is 5.94. The molecule has 2 rings (SSSR count). The van der Waals surface area contributed by atoms with E-state index in [1.807, 2.05) is 0 Å². The number of urea groups is 1. The smallest absolute Gasteiger partial charge is 0.335 e. The minimum atomic E-state index is -1.11. The summed E-state index contributed by atoms with van der Waals surface area (Å²) >= 11 is 0. The summed E-state index contributed by atoms with van der Waals surface area (Å²) in [6.07, 6.45) is 5.31. The number of carbonyl (C=O) groups excluding carboxylic acids is 1. The number of rotatable bonds is 3. The van der Waals surface area contributed by atoms with Gasteiger partial charge in [0, 0.05) is 6.04 Å². The Bertz CT molecular complexity index is 510. The molecule has 1 aliphatic rings. The lowest BCUT2D eigenvalue weighted by molar-refractivity contribution is 0.0697. The molecule has 0 heterocycles. The second kappa shape index (κ2) is 6.27. The predicted molar refractivity (Wildman–Crippen MR) is 74.1 cm³/mol. The van der Waals surface area contributed by atoms with Crippen LogP contribution >= 0.6 is 0 Å². The van der Waals surface area contributed by atoms with Gasteiger partial charge in [0.1, 0.15) is 5.75 Å². The lowest BCUT2D eigenvalue weighted by atomic mass is 9.96. The number of carbonyl (C=O) groups is 2. The molecule has 20 heavy (non-hydrogen) atoms. The van der Waals surface area contributed by atoms with Gasteiger partial charge in [0.2, 0.25) is 0 Å². The zero-order chi connectivity index (χ0) is 14.5. The first-order chi connectivity index (χ1) is 9.56. The summed E-state index contributed by atoms with van der Waals surface area (Å²) in [5.74, 6) is -1.27. The summed E-state index contributed by atoms with van der Waals surface area (Å²) < 4.78 is 0. The standard InChI is InChI=1S/C14H18N2O4/c17-12-7-6-9(13(18)19)8-11(12)16-14(20)15-10-4-2-1-3-5-10/h6-8,10,17H,1-5H2,(H,18,19)(H2,15,16,20). The maximum atomic E-state index is 11.8. The third kappa shape index (κ3) is 3.63. The van der Waals surface area contributed by atoms with E-state index >= 15 is 0 Å². The van der Waals surface area contributed by atoms with E-state index < -0.39 is 12.0 Å². The molecule has 6 heteroatoms. The second-order valence-electron chi connectivity index (χ2n) is 4.97. The lowest BCUT2D eigenvalue weighted by Crippen LogP contribution is -2.39. The molecule has 0 aliphatic heterocycles. The first-order valence-corrected chi connectivity index (χ1v) is 6.70. The third-order valence-corrected chi connectivity index (χ3v) is 3.43. The summed E-state index contributed by atoms with van der Waals surface area (Å²) in [7, 11) is 0. The summed E-state index contributed by atoms with van der Waals surface area (Å²) in [5, 5.41) is 23.8. The van der Waals surface area contributed by atoms with Crippen molar-refractivity contribution in [1.82, 2.24) is 5.32 Å². The van der Waals surface area contributed by atoms with Crippen LogP contribution in [0.25, 0.3) is 0 Å². The molecule has 1 fully saturated rings. The molecule has 4 N–H and O–H groups in total. The Morgan fingerprint density at radius 2 is 1.85 bits per heavy atom. The highest BCUT2D eigenvalue weighted by Gasteiger charge is 2.16. The highest BCUT2D eigenvalue weighted by atomic mass is 16.4. The van der Waals surface area contributed by atoms with Crippen molar-refractivity contribution in [3.8, 4) is 5.75 Å². The Balaban J connectivity index is 1.99. The molecule has 108 valence electrons. The van der Waals surface area contributed by atoms with Crippen LogP contribution in [0.4, 0.5) is 10.5 Å². The molecule has 0 unspecified atom stereocenters. The summed E-state index contributed by atoms with van der Waals surface area (Å²) in [6.45, 7) is 0. The van der Waals surface area contributed by atoms with E-state index in [4.69, 9.17) is 5.11 Å². The summed E-state index contributed by atoms with van der Waals surface area (Å²) in [5.41, 5.74) is 0.106. The van der Waals surface area contributed by atoms with E-state index in [0.717, 1.165) is 25.7 Å². The van der Waals surface area contributed by atoms with Crippen LogP contribution in [0.3, 0.4) is 0 Å². The number of aromatic carboxylic acids is 1. The molecule has 0 bridgehead atoms. The molecular weight excluding hydrogens is 260 g/mol. The van der Waals surface area contributed by atoms with Gasteiger partial charge in [0.05, 0.1) is 11.3 Å². The molecule has 1 aliphatic carbocycles. The van der Waals surface area contributed by atoms with Gasteiger partial charge in [-0.2, -0.15) is 0 Å². The number of benzene rings is 1. The highest BCUT2D eigenvalue weighted by Crippen LogP contribution is 2.24. The first-order valence-electron chi connectivity index (χ1n) is 6.70. The van der Waals surface area contributed by atoms with Crippen LogP contribution in [0.2, 0.25) is 0 Å². The molecule has 0 aromatic heterocycles. The maximum absolute atomic E-state index is 11.8. The molecule has 0 atom stereocenters. The van der Waals surface area contributed by atoms with E-state index in [1.54, 1.807) is 0 Å². The van der Waals surface area contributed by atoms with E-state index in [9.17, 15) is 14.7 Å². The second-order valence-corrected chi connectivity index (χ2v) is 4.97. The zero-order valence-electron chi connectivity index (χ0n) is 11.1. The van der Waals surface area contributed by atoms with Crippen molar-refractivity contribution in [1.29, 1.82) is 0 Å². The first kappa shape index (κ1) is 14.2. The van der Waals surface area contributed by atoms with E-state index in [1.165, 1.54) is 24.6 Å². The number of amides is 2. The van der Waals surface area contributed by atoms with Gasteiger partial charge >= 0.3 is 12.0 Å². The van der Waals surface area contributed by atoms with Gasteiger partial charge in [0.15, 0.2) is 0 Å². The molecule has 1 saturated carbocycles. The SMILES string of the molecule is O=C(Nc1cc(C(=O)O)ccc1O)NC1CCCCC1. The number of carboxylic acid groups (broad SMARTS) is 1. The molecular formula is C14H18N2O4. The molecule has 0 spiro atoms. The number of carboxylic acids is 1. The number of nitrogens with one attached hydrogen (secondary N) is 2. The van der Waals surface area contributed by atoms with Crippen LogP contribution in [0.1, 0.15) is 42.5 Å². The van der Waals surface area contributed by atoms with Gasteiger partial charge < -0.3 is 20.8 Å². The molecule has 1 aromatic rings. The lowest BCUT2D eigenvalue weighted by Gasteiger charge is -2.23. The van der Waals surface area contributed by atoms with E-state index in [-0.39, 0.29) is 23.0 Å². The van der Waals surface area contributed by atoms with Crippen molar-refractivity contribution in [2.75, 3.05) is 5.32 Å².